The molecule has 0 bridgehead atoms. The minimum absolute atomic E-state index is 0.0755. The molecule has 0 atom stereocenters. The molecule has 7 heteroatoms. The van der Waals surface area contributed by atoms with Crippen molar-refractivity contribution in [2.45, 2.75) is 39.9 Å². The van der Waals surface area contributed by atoms with Gasteiger partial charge in [0.1, 0.15) is 11.6 Å². The number of hydrogen-bond acceptors (Lipinski definition) is 6. The summed E-state index contributed by atoms with van der Waals surface area (Å²) >= 11 is 0. The van der Waals surface area contributed by atoms with Gasteiger partial charge < -0.3 is 4.52 Å². The van der Waals surface area contributed by atoms with E-state index in [9.17, 15) is 9.83 Å². The minimum Gasteiger partial charge on any atom is -0.384 e. The van der Waals surface area contributed by atoms with Crippen molar-refractivity contribution in [2.24, 2.45) is 0 Å². The third-order valence-electron chi connectivity index (χ3n) is 2.93. The lowest BCUT2D eigenvalue weighted by Gasteiger charge is -2.22. The summed E-state index contributed by atoms with van der Waals surface area (Å²) in [7, 11) is -3.92. The molecule has 0 unspecified atom stereocenters. The first-order valence-electron chi connectivity index (χ1n) is 7.96. The van der Waals surface area contributed by atoms with Crippen LogP contribution in [0.1, 0.15) is 33.3 Å². The summed E-state index contributed by atoms with van der Waals surface area (Å²) in [6.07, 6.45) is -0.764. The fraction of sp³-hybridized carbons (Fsp3) is 0.333. The van der Waals surface area contributed by atoms with Crippen LogP contribution in [0.4, 0.5) is 0 Å². The Hall–Kier alpha value is -2.19. The quantitative estimate of drug-likeness (QED) is 0.649. The Morgan fingerprint density at radius 2 is 1.60 bits per heavy atom. The van der Waals surface area contributed by atoms with Crippen LogP contribution in [-0.2, 0) is 13.6 Å². The van der Waals surface area contributed by atoms with Crippen molar-refractivity contribution in [2.75, 3.05) is 0 Å². The van der Waals surface area contributed by atoms with Gasteiger partial charge in [-0.1, -0.05) is 30.3 Å². The van der Waals surface area contributed by atoms with Crippen LogP contribution in [0.15, 0.2) is 42.5 Å². The summed E-state index contributed by atoms with van der Waals surface area (Å²) in [5, 5.41) is 9.30. The lowest BCUT2D eigenvalue weighted by molar-refractivity contribution is 0.102. The van der Waals surface area contributed by atoms with Crippen LogP contribution in [-0.4, -0.2) is 17.2 Å². The number of rotatable bonds is 7. The topological polar surface area (TPSA) is 81.4 Å². The minimum atomic E-state index is -3.92. The van der Waals surface area contributed by atoms with E-state index in [1.54, 1.807) is 39.8 Å². The molecule has 0 aliphatic carbocycles. The molecule has 0 aliphatic heterocycles. The zero-order chi connectivity index (χ0) is 18.4. The van der Waals surface area contributed by atoms with Crippen LogP contribution in [0.2, 0.25) is 0 Å². The van der Waals surface area contributed by atoms with Crippen molar-refractivity contribution < 1.29 is 18.1 Å². The maximum absolute atomic E-state index is 12.9. The summed E-state index contributed by atoms with van der Waals surface area (Å²) in [6.45, 7) is 6.88. The molecule has 6 nitrogen and oxygen atoms in total. The predicted octanol–water partition coefficient (Wildman–Crippen LogP) is 4.96. The van der Waals surface area contributed by atoms with E-state index in [4.69, 9.17) is 13.6 Å². The molecule has 2 rings (SSSR count). The molecule has 0 radical (unpaired) electrons. The molecule has 132 valence electrons. The van der Waals surface area contributed by atoms with E-state index in [2.05, 4.69) is 4.98 Å². The highest BCUT2D eigenvalue weighted by atomic mass is 31.2. The van der Waals surface area contributed by atoms with Gasteiger partial charge >= 0.3 is 7.82 Å². The fourth-order valence-corrected chi connectivity index (χ4v) is 3.57. The molecule has 1 heterocycles. The number of phosphoric ester groups is 1. The maximum atomic E-state index is 12.9. The number of benzene rings is 1. The predicted molar refractivity (Wildman–Crippen MR) is 95.1 cm³/mol. The van der Waals surface area contributed by atoms with Crippen LogP contribution < -0.4 is 4.52 Å². The van der Waals surface area contributed by atoms with Gasteiger partial charge in [0, 0.05) is 5.56 Å². The first kappa shape index (κ1) is 19.1. The summed E-state index contributed by atoms with van der Waals surface area (Å²) in [6, 6.07) is 14.7. The van der Waals surface area contributed by atoms with Gasteiger partial charge in [0.2, 0.25) is 5.88 Å². The standard InChI is InChI=1S/C18H21N2O4P/c1-13(2)22-25(21,23-14(3)4)24-18-16(12-19)10-11-17(20-18)15-8-6-5-7-9-15/h5-11,13-14H,1-4H3. The number of aromatic nitrogens is 1. The van der Waals surface area contributed by atoms with Gasteiger partial charge in [0.25, 0.3) is 0 Å². The molecule has 0 amide bonds. The Bertz CT molecular complexity index is 786. The number of hydrogen-bond donors (Lipinski definition) is 0. The highest BCUT2D eigenvalue weighted by molar-refractivity contribution is 7.49. The second kappa shape index (κ2) is 8.26. The summed E-state index contributed by atoms with van der Waals surface area (Å²) < 4.78 is 29.1. The average Bonchev–Trinajstić information content (AvgIpc) is 2.53. The Morgan fingerprint density at radius 3 is 2.12 bits per heavy atom. The molecule has 0 saturated carbocycles. The van der Waals surface area contributed by atoms with Crippen LogP contribution in [0.25, 0.3) is 11.3 Å². The molecule has 25 heavy (non-hydrogen) atoms. The number of nitriles is 1. The van der Waals surface area contributed by atoms with Crippen molar-refractivity contribution in [1.29, 1.82) is 5.26 Å². The summed E-state index contributed by atoms with van der Waals surface area (Å²) in [5.74, 6) is -0.0755. The second-order valence-electron chi connectivity index (χ2n) is 5.87. The Kier molecular flexibility index (Phi) is 6.33. The third-order valence-corrected chi connectivity index (χ3v) is 4.68. The van der Waals surface area contributed by atoms with E-state index in [1.165, 1.54) is 0 Å². The fourth-order valence-electron chi connectivity index (χ4n) is 2.05. The molecule has 0 spiro atoms. The van der Waals surface area contributed by atoms with Crippen molar-refractivity contribution in [3.63, 3.8) is 0 Å². The largest absolute Gasteiger partial charge is 0.531 e. The van der Waals surface area contributed by atoms with E-state index in [-0.39, 0.29) is 23.7 Å². The summed E-state index contributed by atoms with van der Waals surface area (Å²) in [4.78, 5) is 4.34. The molecule has 0 saturated heterocycles. The van der Waals surface area contributed by atoms with Crippen molar-refractivity contribution in [1.82, 2.24) is 4.98 Å². The van der Waals surface area contributed by atoms with Gasteiger partial charge in [-0.05, 0) is 39.8 Å². The normalized spacial score (nSPS) is 11.6. The lowest BCUT2D eigenvalue weighted by Crippen LogP contribution is -2.12. The molecular weight excluding hydrogens is 339 g/mol. The Balaban J connectivity index is 2.42. The third kappa shape index (κ3) is 5.40. The van der Waals surface area contributed by atoms with Gasteiger partial charge in [0.05, 0.1) is 17.9 Å². The van der Waals surface area contributed by atoms with Crippen LogP contribution in [0, 0.1) is 11.3 Å². The van der Waals surface area contributed by atoms with Crippen LogP contribution >= 0.6 is 7.82 Å². The SMILES string of the molecule is CC(C)OP(=O)(Oc1nc(-c2ccccc2)ccc1C#N)OC(C)C. The number of nitrogens with zero attached hydrogens (tertiary/aromatic N) is 2. The smallest absolute Gasteiger partial charge is 0.384 e. The van der Waals surface area contributed by atoms with Gasteiger partial charge in [-0.3, -0.25) is 9.05 Å². The van der Waals surface area contributed by atoms with Crippen molar-refractivity contribution >= 4 is 7.82 Å². The van der Waals surface area contributed by atoms with Crippen LogP contribution in [0.3, 0.4) is 0 Å². The van der Waals surface area contributed by atoms with Crippen molar-refractivity contribution in [3.05, 3.63) is 48.0 Å². The van der Waals surface area contributed by atoms with E-state index in [0.29, 0.717) is 5.69 Å². The molecule has 0 N–H and O–H groups in total. The molecular formula is C18H21N2O4P. The Labute approximate surface area is 148 Å². The van der Waals surface area contributed by atoms with E-state index in [1.807, 2.05) is 36.4 Å². The first-order chi connectivity index (χ1) is 11.8. The van der Waals surface area contributed by atoms with Crippen LogP contribution in [0.5, 0.6) is 5.88 Å². The zero-order valence-electron chi connectivity index (χ0n) is 14.7. The molecule has 0 fully saturated rings. The van der Waals surface area contributed by atoms with E-state index < -0.39 is 7.82 Å². The number of pyridine rings is 1. The van der Waals surface area contributed by atoms with E-state index >= 15 is 0 Å². The van der Waals surface area contributed by atoms with Gasteiger partial charge in [-0.2, -0.15) is 5.26 Å². The van der Waals surface area contributed by atoms with Gasteiger partial charge in [-0.15, -0.1) is 0 Å². The monoisotopic (exact) mass is 360 g/mol. The molecule has 2 aromatic rings. The zero-order valence-corrected chi connectivity index (χ0v) is 15.6. The van der Waals surface area contributed by atoms with Gasteiger partial charge in [0.15, 0.2) is 0 Å². The Morgan fingerprint density at radius 1 is 1.00 bits per heavy atom. The highest BCUT2D eigenvalue weighted by Gasteiger charge is 2.33. The molecule has 0 aliphatic rings. The second-order valence-corrected chi connectivity index (χ2v) is 7.37. The average molecular weight is 360 g/mol. The van der Waals surface area contributed by atoms with Crippen molar-refractivity contribution in [3.8, 4) is 23.2 Å². The summed E-state index contributed by atoms with van der Waals surface area (Å²) in [5.41, 5.74) is 1.59. The van der Waals surface area contributed by atoms with E-state index in [0.717, 1.165) is 5.56 Å². The first-order valence-corrected chi connectivity index (χ1v) is 9.42. The maximum Gasteiger partial charge on any atom is 0.531 e. The molecule has 1 aromatic heterocycles. The molecule has 1 aromatic carbocycles. The lowest BCUT2D eigenvalue weighted by atomic mass is 10.1. The highest BCUT2D eigenvalue weighted by Crippen LogP contribution is 2.51. The number of phosphoric acid groups is 1. The van der Waals surface area contributed by atoms with Gasteiger partial charge in [-0.25, -0.2) is 9.55 Å².